The average molecular weight is 232 g/mol. The van der Waals surface area contributed by atoms with Crippen LogP contribution >= 0.6 is 0 Å². The molecule has 0 radical (unpaired) electrons. The number of aliphatic hydroxyl groups excluding tert-OH is 1. The fourth-order valence-electron chi connectivity index (χ4n) is 3.45. The molecule has 0 saturated carbocycles. The Labute approximate surface area is 102 Å². The molecule has 0 aromatic carbocycles. The normalized spacial score (nSPS) is 34.3. The lowest BCUT2D eigenvalue weighted by Crippen LogP contribution is -2.54. The van der Waals surface area contributed by atoms with Gasteiger partial charge in [-0.1, -0.05) is 6.07 Å². The van der Waals surface area contributed by atoms with Crippen LogP contribution in [0.1, 0.15) is 37.3 Å². The quantitative estimate of drug-likeness (QED) is 0.802. The molecule has 3 heterocycles. The Kier molecular flexibility index (Phi) is 3.12. The number of nitrogens with zero attached hydrogens (tertiary/aromatic N) is 2. The largest absolute Gasteiger partial charge is 0.391 e. The standard InChI is InChI=1S/C14H20N2O/c17-13-7-4-10-16-9-3-5-11(14(13)16)12-6-1-2-8-15-12/h1-2,6,8,11,13-14,17H,3-5,7,9-10H2. The summed E-state index contributed by atoms with van der Waals surface area (Å²) in [6, 6.07) is 6.42. The lowest BCUT2D eigenvalue weighted by atomic mass is 9.80. The number of aliphatic hydroxyl groups is 1. The van der Waals surface area contributed by atoms with Gasteiger partial charge in [-0.3, -0.25) is 9.88 Å². The van der Waals surface area contributed by atoms with Crippen LogP contribution in [0.25, 0.3) is 0 Å². The number of fused-ring (bicyclic) bond motifs is 1. The highest BCUT2D eigenvalue weighted by atomic mass is 16.3. The van der Waals surface area contributed by atoms with E-state index >= 15 is 0 Å². The van der Waals surface area contributed by atoms with Crippen molar-refractivity contribution in [3.8, 4) is 0 Å². The predicted molar refractivity (Wildman–Crippen MR) is 66.8 cm³/mol. The third-order valence-electron chi connectivity index (χ3n) is 4.20. The van der Waals surface area contributed by atoms with Gasteiger partial charge in [-0.25, -0.2) is 0 Å². The van der Waals surface area contributed by atoms with Gasteiger partial charge < -0.3 is 5.11 Å². The Bertz CT molecular complexity index is 366. The third kappa shape index (κ3) is 2.09. The molecule has 2 aliphatic rings. The van der Waals surface area contributed by atoms with E-state index < -0.39 is 0 Å². The monoisotopic (exact) mass is 232 g/mol. The van der Waals surface area contributed by atoms with Gasteiger partial charge in [-0.15, -0.1) is 0 Å². The molecule has 3 nitrogen and oxygen atoms in total. The first-order chi connectivity index (χ1) is 8.36. The van der Waals surface area contributed by atoms with Gasteiger partial charge in [0, 0.05) is 23.9 Å². The fraction of sp³-hybridized carbons (Fsp3) is 0.643. The number of hydrogen-bond donors (Lipinski definition) is 1. The molecule has 92 valence electrons. The van der Waals surface area contributed by atoms with Crippen LogP contribution in [0, 0.1) is 0 Å². The first kappa shape index (κ1) is 11.2. The maximum Gasteiger partial charge on any atom is 0.0702 e. The molecule has 2 saturated heterocycles. The van der Waals surface area contributed by atoms with Crippen LogP contribution in [0.15, 0.2) is 24.4 Å². The number of aromatic nitrogens is 1. The van der Waals surface area contributed by atoms with E-state index in [4.69, 9.17) is 0 Å². The molecule has 1 N–H and O–H groups in total. The van der Waals surface area contributed by atoms with Crippen molar-refractivity contribution in [2.24, 2.45) is 0 Å². The summed E-state index contributed by atoms with van der Waals surface area (Å²) in [5, 5.41) is 10.3. The summed E-state index contributed by atoms with van der Waals surface area (Å²) in [7, 11) is 0. The van der Waals surface area contributed by atoms with Crippen molar-refractivity contribution >= 4 is 0 Å². The summed E-state index contributed by atoms with van der Waals surface area (Å²) in [5.41, 5.74) is 1.16. The molecule has 0 bridgehead atoms. The van der Waals surface area contributed by atoms with Gasteiger partial charge in [-0.05, 0) is 50.9 Å². The van der Waals surface area contributed by atoms with Gasteiger partial charge in [0.2, 0.25) is 0 Å². The molecule has 0 aliphatic carbocycles. The van der Waals surface area contributed by atoms with Crippen molar-refractivity contribution in [1.82, 2.24) is 9.88 Å². The zero-order valence-corrected chi connectivity index (χ0v) is 10.1. The summed E-state index contributed by atoms with van der Waals surface area (Å²) in [4.78, 5) is 6.96. The average Bonchev–Trinajstić information content (AvgIpc) is 2.39. The highest BCUT2D eigenvalue weighted by Crippen LogP contribution is 2.36. The van der Waals surface area contributed by atoms with Gasteiger partial charge in [0.25, 0.3) is 0 Å². The van der Waals surface area contributed by atoms with Crippen LogP contribution < -0.4 is 0 Å². The molecular weight excluding hydrogens is 212 g/mol. The first-order valence-corrected chi connectivity index (χ1v) is 6.69. The van der Waals surface area contributed by atoms with Crippen LogP contribution in [0.3, 0.4) is 0 Å². The molecular formula is C14H20N2O. The van der Waals surface area contributed by atoms with Crippen LogP contribution in [-0.4, -0.2) is 40.2 Å². The second-order valence-corrected chi connectivity index (χ2v) is 5.24. The Balaban J connectivity index is 1.87. The van der Waals surface area contributed by atoms with Crippen LogP contribution in [0.2, 0.25) is 0 Å². The Morgan fingerprint density at radius 2 is 2.00 bits per heavy atom. The third-order valence-corrected chi connectivity index (χ3v) is 4.20. The Morgan fingerprint density at radius 1 is 1.18 bits per heavy atom. The number of hydrogen-bond acceptors (Lipinski definition) is 3. The zero-order valence-electron chi connectivity index (χ0n) is 10.1. The molecule has 0 spiro atoms. The second kappa shape index (κ2) is 4.75. The van der Waals surface area contributed by atoms with Crippen molar-refractivity contribution in [3.05, 3.63) is 30.1 Å². The maximum absolute atomic E-state index is 10.3. The van der Waals surface area contributed by atoms with Gasteiger partial charge in [-0.2, -0.15) is 0 Å². The van der Waals surface area contributed by atoms with Gasteiger partial charge in [0.1, 0.15) is 0 Å². The highest BCUT2D eigenvalue weighted by molar-refractivity contribution is 5.15. The second-order valence-electron chi connectivity index (χ2n) is 5.24. The van der Waals surface area contributed by atoms with Crippen LogP contribution in [0.5, 0.6) is 0 Å². The van der Waals surface area contributed by atoms with Crippen LogP contribution in [0.4, 0.5) is 0 Å². The number of pyridine rings is 1. The molecule has 3 atom stereocenters. The van der Waals surface area contributed by atoms with Gasteiger partial charge >= 0.3 is 0 Å². The van der Waals surface area contributed by atoms with Crippen molar-refractivity contribution in [2.45, 2.75) is 43.7 Å². The van der Waals surface area contributed by atoms with Crippen molar-refractivity contribution in [2.75, 3.05) is 13.1 Å². The van der Waals surface area contributed by atoms with E-state index in [9.17, 15) is 5.11 Å². The Morgan fingerprint density at radius 3 is 2.76 bits per heavy atom. The molecule has 2 aliphatic heterocycles. The highest BCUT2D eigenvalue weighted by Gasteiger charge is 2.39. The molecule has 1 aromatic rings. The SMILES string of the molecule is OC1CCCN2CCCC(c3ccccn3)C12. The minimum Gasteiger partial charge on any atom is -0.391 e. The van der Waals surface area contributed by atoms with E-state index in [-0.39, 0.29) is 6.10 Å². The number of piperidine rings is 2. The minimum absolute atomic E-state index is 0.170. The summed E-state index contributed by atoms with van der Waals surface area (Å²) < 4.78 is 0. The Hall–Kier alpha value is -0.930. The zero-order chi connectivity index (χ0) is 11.7. The lowest BCUT2D eigenvalue weighted by molar-refractivity contribution is -0.0211. The van der Waals surface area contributed by atoms with E-state index in [1.807, 2.05) is 12.3 Å². The van der Waals surface area contributed by atoms with Gasteiger partial charge in [0.05, 0.1) is 6.10 Å². The topological polar surface area (TPSA) is 36.4 Å². The lowest BCUT2D eigenvalue weighted by Gasteiger charge is -2.46. The van der Waals surface area contributed by atoms with E-state index in [1.165, 1.54) is 6.42 Å². The molecule has 17 heavy (non-hydrogen) atoms. The molecule has 3 unspecified atom stereocenters. The summed E-state index contributed by atoms with van der Waals surface area (Å²) in [6.07, 6.45) is 6.16. The summed E-state index contributed by atoms with van der Waals surface area (Å²) in [5.74, 6) is 0.417. The molecule has 0 amide bonds. The van der Waals surface area contributed by atoms with Crippen molar-refractivity contribution in [3.63, 3.8) is 0 Å². The van der Waals surface area contributed by atoms with Crippen LogP contribution in [-0.2, 0) is 0 Å². The van der Waals surface area contributed by atoms with Crippen molar-refractivity contribution < 1.29 is 5.11 Å². The predicted octanol–water partition coefficient (Wildman–Crippen LogP) is 1.78. The fourth-order valence-corrected chi connectivity index (χ4v) is 3.45. The minimum atomic E-state index is -0.170. The maximum atomic E-state index is 10.3. The molecule has 3 heteroatoms. The molecule has 2 fully saturated rings. The van der Waals surface area contributed by atoms with E-state index in [2.05, 4.69) is 22.0 Å². The summed E-state index contributed by atoms with van der Waals surface area (Å²) >= 11 is 0. The van der Waals surface area contributed by atoms with E-state index in [0.717, 1.165) is 38.0 Å². The van der Waals surface area contributed by atoms with Crippen molar-refractivity contribution in [1.29, 1.82) is 0 Å². The van der Waals surface area contributed by atoms with E-state index in [0.29, 0.717) is 12.0 Å². The number of rotatable bonds is 1. The first-order valence-electron chi connectivity index (χ1n) is 6.69. The summed E-state index contributed by atoms with van der Waals surface area (Å²) in [6.45, 7) is 2.29. The van der Waals surface area contributed by atoms with E-state index in [1.54, 1.807) is 0 Å². The molecule has 1 aromatic heterocycles. The molecule has 3 rings (SSSR count). The van der Waals surface area contributed by atoms with Gasteiger partial charge in [0.15, 0.2) is 0 Å². The smallest absolute Gasteiger partial charge is 0.0702 e.